The van der Waals surface area contributed by atoms with Crippen molar-refractivity contribution in [2.75, 3.05) is 38.7 Å². The van der Waals surface area contributed by atoms with Crippen molar-refractivity contribution in [2.45, 2.75) is 12.8 Å². The molecule has 4 aromatic rings. The Hall–Kier alpha value is -3.29. The molecule has 0 radical (unpaired) electrons. The lowest BCUT2D eigenvalue weighted by molar-refractivity contribution is 0.273. The number of aromatic nitrogens is 3. The summed E-state index contributed by atoms with van der Waals surface area (Å²) in [5.41, 5.74) is 4.63. The molecular weight excluding hydrogens is 453 g/mol. The van der Waals surface area contributed by atoms with Crippen LogP contribution < -0.4 is 9.64 Å². The van der Waals surface area contributed by atoms with Crippen LogP contribution in [-0.2, 0) is 6.42 Å². The number of halogens is 2. The Morgan fingerprint density at radius 1 is 1.06 bits per heavy atom. The summed E-state index contributed by atoms with van der Waals surface area (Å²) in [6, 6.07) is 13.2. The fraction of sp³-hybridized carbons (Fsp3) is 0.269. The molecule has 0 saturated carbocycles. The first-order chi connectivity index (χ1) is 16.5. The topological polar surface area (TPSA) is 54.4 Å². The Labute approximate surface area is 203 Å². The van der Waals surface area contributed by atoms with E-state index in [-0.39, 0.29) is 5.02 Å². The maximum Gasteiger partial charge on any atom is 0.213 e. The van der Waals surface area contributed by atoms with Gasteiger partial charge in [0.1, 0.15) is 18.0 Å². The van der Waals surface area contributed by atoms with E-state index in [0.717, 1.165) is 58.5 Å². The Morgan fingerprint density at radius 2 is 1.91 bits per heavy atom. The Bertz CT molecular complexity index is 1330. The zero-order valence-electron chi connectivity index (χ0n) is 19.1. The maximum atomic E-state index is 14.0. The van der Waals surface area contributed by atoms with E-state index in [1.807, 2.05) is 44.6 Å². The third kappa shape index (κ3) is 4.54. The summed E-state index contributed by atoms with van der Waals surface area (Å²) in [5, 5.41) is 1.03. The molecule has 0 fully saturated rings. The highest BCUT2D eigenvalue weighted by molar-refractivity contribution is 6.31. The second-order valence-electron chi connectivity index (χ2n) is 8.62. The highest BCUT2D eigenvalue weighted by atomic mass is 35.5. The van der Waals surface area contributed by atoms with E-state index in [0.29, 0.717) is 19.0 Å². The van der Waals surface area contributed by atoms with Crippen LogP contribution in [0.2, 0.25) is 5.02 Å². The van der Waals surface area contributed by atoms with Gasteiger partial charge < -0.3 is 14.5 Å². The predicted octanol–water partition coefficient (Wildman–Crippen LogP) is 5.51. The van der Waals surface area contributed by atoms with Gasteiger partial charge in [-0.1, -0.05) is 17.7 Å². The molecule has 0 spiro atoms. The molecule has 34 heavy (non-hydrogen) atoms. The average Bonchev–Trinajstić information content (AvgIpc) is 3.24. The van der Waals surface area contributed by atoms with Crippen LogP contribution in [0.1, 0.15) is 12.0 Å². The molecule has 3 heterocycles. The summed E-state index contributed by atoms with van der Waals surface area (Å²) >= 11 is 6.08. The third-order valence-corrected chi connectivity index (χ3v) is 6.25. The van der Waals surface area contributed by atoms with Crippen molar-refractivity contribution < 1.29 is 9.13 Å². The number of nitrogens with zero attached hydrogens (tertiary/aromatic N) is 5. The Morgan fingerprint density at radius 3 is 2.71 bits per heavy atom. The normalized spacial score (nSPS) is 13.0. The summed E-state index contributed by atoms with van der Waals surface area (Å²) in [6.07, 6.45) is 5.06. The molecule has 2 aromatic heterocycles. The van der Waals surface area contributed by atoms with Gasteiger partial charge in [0.05, 0.1) is 17.1 Å². The standard InChI is InChI=1S/C26H25ClFN5O/c1-32(2)9-3-11-34-25-7-5-19(15-29-25)17-4-6-23-20(12-17)26(31-16-30-23)33-10-8-18-13-22(28)21(27)14-24(18)33/h4-7,12-16H,3,8-11H2,1-2H3. The second kappa shape index (κ2) is 9.52. The second-order valence-corrected chi connectivity index (χ2v) is 9.02. The van der Waals surface area contributed by atoms with Crippen LogP contribution in [-0.4, -0.2) is 53.6 Å². The summed E-state index contributed by atoms with van der Waals surface area (Å²) in [4.78, 5) is 17.7. The van der Waals surface area contributed by atoms with Crippen LogP contribution in [0, 0.1) is 5.82 Å². The predicted molar refractivity (Wildman–Crippen MR) is 134 cm³/mol. The van der Waals surface area contributed by atoms with Gasteiger partial charge in [-0.15, -0.1) is 0 Å². The fourth-order valence-electron chi connectivity index (χ4n) is 4.23. The number of pyridine rings is 1. The molecule has 6 nitrogen and oxygen atoms in total. The molecule has 0 atom stereocenters. The lowest BCUT2D eigenvalue weighted by atomic mass is 10.0. The summed E-state index contributed by atoms with van der Waals surface area (Å²) in [5.74, 6) is 1.00. The highest BCUT2D eigenvalue weighted by Gasteiger charge is 2.25. The molecule has 1 aliphatic heterocycles. The number of ether oxygens (including phenoxy) is 1. The molecule has 8 heteroatoms. The number of benzene rings is 2. The molecule has 0 N–H and O–H groups in total. The number of fused-ring (bicyclic) bond motifs is 2. The van der Waals surface area contributed by atoms with Crippen LogP contribution in [0.3, 0.4) is 0 Å². The highest BCUT2D eigenvalue weighted by Crippen LogP contribution is 2.39. The van der Waals surface area contributed by atoms with Crippen LogP contribution >= 0.6 is 11.6 Å². The molecule has 5 rings (SSSR count). The first-order valence-corrected chi connectivity index (χ1v) is 11.6. The van der Waals surface area contributed by atoms with Crippen molar-refractivity contribution in [3.05, 3.63) is 71.4 Å². The van der Waals surface area contributed by atoms with E-state index in [4.69, 9.17) is 16.3 Å². The average molecular weight is 478 g/mol. The number of rotatable bonds is 7. The molecule has 0 unspecified atom stereocenters. The van der Waals surface area contributed by atoms with E-state index in [1.165, 1.54) is 6.07 Å². The van der Waals surface area contributed by atoms with E-state index in [2.05, 4.69) is 30.8 Å². The number of hydrogen-bond donors (Lipinski definition) is 0. The van der Waals surface area contributed by atoms with E-state index >= 15 is 0 Å². The van der Waals surface area contributed by atoms with Crippen molar-refractivity contribution in [2.24, 2.45) is 0 Å². The molecule has 0 saturated heterocycles. The first kappa shape index (κ1) is 22.5. The lowest BCUT2D eigenvalue weighted by Crippen LogP contribution is -2.15. The molecule has 174 valence electrons. The minimum absolute atomic E-state index is 0.111. The summed E-state index contributed by atoms with van der Waals surface area (Å²) in [7, 11) is 4.09. The van der Waals surface area contributed by atoms with Gasteiger partial charge in [0, 0.05) is 42.0 Å². The Balaban J connectivity index is 1.43. The summed E-state index contributed by atoms with van der Waals surface area (Å²) < 4.78 is 19.7. The maximum absolute atomic E-state index is 14.0. The van der Waals surface area contributed by atoms with Gasteiger partial charge >= 0.3 is 0 Å². The van der Waals surface area contributed by atoms with Gasteiger partial charge in [-0.3, -0.25) is 0 Å². The van der Waals surface area contributed by atoms with Gasteiger partial charge in [-0.25, -0.2) is 19.3 Å². The minimum atomic E-state index is -0.394. The van der Waals surface area contributed by atoms with E-state index in [1.54, 1.807) is 12.4 Å². The number of anilines is 2. The molecule has 0 bridgehead atoms. The van der Waals surface area contributed by atoms with Crippen molar-refractivity contribution >= 4 is 34.0 Å². The van der Waals surface area contributed by atoms with E-state index in [9.17, 15) is 4.39 Å². The Kier molecular flexibility index (Phi) is 6.30. The molecule has 1 aliphatic rings. The van der Waals surface area contributed by atoms with Crippen LogP contribution in [0.4, 0.5) is 15.9 Å². The van der Waals surface area contributed by atoms with Crippen molar-refractivity contribution in [3.63, 3.8) is 0 Å². The van der Waals surface area contributed by atoms with E-state index < -0.39 is 5.82 Å². The molecule has 0 aliphatic carbocycles. The zero-order chi connectivity index (χ0) is 23.7. The van der Waals surface area contributed by atoms with Gasteiger partial charge in [-0.2, -0.15) is 0 Å². The van der Waals surface area contributed by atoms with Gasteiger partial charge in [0.25, 0.3) is 0 Å². The SMILES string of the molecule is CN(C)CCCOc1ccc(-c2ccc3ncnc(N4CCc5cc(F)c(Cl)cc54)c3c2)cn1. The molecule has 2 aromatic carbocycles. The fourth-order valence-corrected chi connectivity index (χ4v) is 4.39. The third-order valence-electron chi connectivity index (χ3n) is 5.96. The van der Waals surface area contributed by atoms with Gasteiger partial charge in [-0.05, 0) is 68.4 Å². The monoisotopic (exact) mass is 477 g/mol. The zero-order valence-corrected chi connectivity index (χ0v) is 19.9. The van der Waals surface area contributed by atoms with Gasteiger partial charge in [0.2, 0.25) is 5.88 Å². The summed E-state index contributed by atoms with van der Waals surface area (Å²) in [6.45, 7) is 2.31. The largest absolute Gasteiger partial charge is 0.478 e. The number of hydrogen-bond acceptors (Lipinski definition) is 6. The van der Waals surface area contributed by atoms with Crippen LogP contribution in [0.25, 0.3) is 22.0 Å². The van der Waals surface area contributed by atoms with Crippen molar-refractivity contribution in [3.8, 4) is 17.0 Å². The quantitative estimate of drug-likeness (QED) is 0.327. The smallest absolute Gasteiger partial charge is 0.213 e. The van der Waals surface area contributed by atoms with Crippen molar-refractivity contribution in [1.82, 2.24) is 19.9 Å². The minimum Gasteiger partial charge on any atom is -0.478 e. The van der Waals surface area contributed by atoms with Crippen molar-refractivity contribution in [1.29, 1.82) is 0 Å². The molecular formula is C26H25ClFN5O. The molecule has 0 amide bonds. The van der Waals surface area contributed by atoms with Gasteiger partial charge in [0.15, 0.2) is 0 Å². The first-order valence-electron chi connectivity index (χ1n) is 11.2. The van der Waals surface area contributed by atoms with Crippen LogP contribution in [0.15, 0.2) is 55.0 Å². The van der Waals surface area contributed by atoms with Crippen LogP contribution in [0.5, 0.6) is 5.88 Å². The lowest BCUT2D eigenvalue weighted by Gasteiger charge is -2.20.